The standard InChI is InChI=1S/C17H26N4O3S/c1-20(17(25)18-7-10-23-2)13-16(22)19-14-3-5-15(6-4-14)21-8-11-24-12-9-21/h3-6H,7-13H2,1-2H3,(H,18,25)(H,19,22). The fourth-order valence-electron chi connectivity index (χ4n) is 2.46. The van der Waals surface area contributed by atoms with Gasteiger partial charge in [-0.1, -0.05) is 0 Å². The molecule has 7 nitrogen and oxygen atoms in total. The number of methoxy groups -OCH3 is 1. The Morgan fingerprint density at radius 1 is 1.32 bits per heavy atom. The molecule has 1 amide bonds. The van der Waals surface area contributed by atoms with Crippen LogP contribution in [0.3, 0.4) is 0 Å². The zero-order valence-corrected chi connectivity index (χ0v) is 15.6. The van der Waals surface area contributed by atoms with Crippen LogP contribution in [-0.4, -0.2) is 76.1 Å². The molecule has 25 heavy (non-hydrogen) atoms. The second-order valence-electron chi connectivity index (χ2n) is 5.78. The Morgan fingerprint density at radius 2 is 2.00 bits per heavy atom. The number of thiocarbonyl (C=S) groups is 1. The van der Waals surface area contributed by atoms with Gasteiger partial charge in [0.15, 0.2) is 5.11 Å². The van der Waals surface area contributed by atoms with Crippen LogP contribution in [0.2, 0.25) is 0 Å². The molecule has 0 aromatic heterocycles. The average Bonchev–Trinajstić information content (AvgIpc) is 2.63. The molecular formula is C17H26N4O3S. The van der Waals surface area contributed by atoms with Crippen molar-refractivity contribution in [1.82, 2.24) is 10.2 Å². The summed E-state index contributed by atoms with van der Waals surface area (Å²) in [5, 5.41) is 6.45. The van der Waals surface area contributed by atoms with Crippen LogP contribution >= 0.6 is 12.2 Å². The Bertz CT molecular complexity index is 562. The number of carbonyl (C=O) groups is 1. The summed E-state index contributed by atoms with van der Waals surface area (Å²) < 4.78 is 10.3. The smallest absolute Gasteiger partial charge is 0.243 e. The number of likely N-dealkylation sites (N-methyl/N-ethyl adjacent to an activating group) is 1. The number of carbonyl (C=O) groups excluding carboxylic acids is 1. The molecule has 1 aromatic carbocycles. The van der Waals surface area contributed by atoms with Crippen molar-refractivity contribution in [2.45, 2.75) is 0 Å². The molecule has 138 valence electrons. The van der Waals surface area contributed by atoms with Crippen LogP contribution in [0.4, 0.5) is 11.4 Å². The summed E-state index contributed by atoms with van der Waals surface area (Å²) in [6, 6.07) is 7.86. The molecule has 1 aliphatic rings. The largest absolute Gasteiger partial charge is 0.383 e. The van der Waals surface area contributed by atoms with E-state index < -0.39 is 0 Å². The lowest BCUT2D eigenvalue weighted by atomic mass is 10.2. The van der Waals surface area contributed by atoms with Crippen molar-refractivity contribution in [1.29, 1.82) is 0 Å². The first kappa shape index (κ1) is 19.4. The molecule has 2 N–H and O–H groups in total. The van der Waals surface area contributed by atoms with E-state index in [0.717, 1.165) is 37.7 Å². The van der Waals surface area contributed by atoms with E-state index >= 15 is 0 Å². The van der Waals surface area contributed by atoms with E-state index in [1.165, 1.54) is 0 Å². The summed E-state index contributed by atoms with van der Waals surface area (Å²) in [4.78, 5) is 16.1. The Kier molecular flexibility index (Phi) is 7.90. The third-order valence-electron chi connectivity index (χ3n) is 3.84. The molecule has 0 unspecified atom stereocenters. The van der Waals surface area contributed by atoms with Gasteiger partial charge in [0.05, 0.1) is 26.4 Å². The molecule has 1 heterocycles. The molecule has 1 aromatic rings. The predicted molar refractivity (Wildman–Crippen MR) is 103 cm³/mol. The molecule has 1 saturated heterocycles. The summed E-state index contributed by atoms with van der Waals surface area (Å²) >= 11 is 5.23. The first-order valence-corrected chi connectivity index (χ1v) is 8.71. The summed E-state index contributed by atoms with van der Waals surface area (Å²) in [6.45, 7) is 4.66. The van der Waals surface area contributed by atoms with Gasteiger partial charge in [0.25, 0.3) is 0 Å². The van der Waals surface area contributed by atoms with Gasteiger partial charge in [-0.3, -0.25) is 4.79 Å². The van der Waals surface area contributed by atoms with Crippen LogP contribution in [0, 0.1) is 0 Å². The highest BCUT2D eigenvalue weighted by Crippen LogP contribution is 2.18. The van der Waals surface area contributed by atoms with Gasteiger partial charge in [-0.15, -0.1) is 0 Å². The Labute approximate surface area is 154 Å². The van der Waals surface area contributed by atoms with Crippen molar-refractivity contribution in [3.8, 4) is 0 Å². The highest BCUT2D eigenvalue weighted by atomic mass is 32.1. The number of rotatable bonds is 7. The van der Waals surface area contributed by atoms with E-state index in [9.17, 15) is 4.79 Å². The maximum Gasteiger partial charge on any atom is 0.243 e. The number of amides is 1. The molecule has 0 saturated carbocycles. The normalized spacial score (nSPS) is 14.1. The van der Waals surface area contributed by atoms with Crippen molar-refractivity contribution >= 4 is 34.6 Å². The van der Waals surface area contributed by atoms with Crippen molar-refractivity contribution in [3.05, 3.63) is 24.3 Å². The minimum atomic E-state index is -0.113. The van der Waals surface area contributed by atoms with E-state index in [1.54, 1.807) is 19.1 Å². The molecule has 8 heteroatoms. The van der Waals surface area contributed by atoms with Gasteiger partial charge in [0.1, 0.15) is 0 Å². The van der Waals surface area contributed by atoms with Crippen LogP contribution < -0.4 is 15.5 Å². The molecule has 0 bridgehead atoms. The van der Waals surface area contributed by atoms with E-state index in [-0.39, 0.29) is 12.5 Å². The lowest BCUT2D eigenvalue weighted by Gasteiger charge is -2.29. The second-order valence-corrected chi connectivity index (χ2v) is 6.16. The number of benzene rings is 1. The number of hydrogen-bond donors (Lipinski definition) is 2. The summed E-state index contributed by atoms with van der Waals surface area (Å²) in [7, 11) is 3.41. The molecule has 1 aliphatic heterocycles. The van der Waals surface area contributed by atoms with Gasteiger partial charge in [-0.05, 0) is 36.5 Å². The highest BCUT2D eigenvalue weighted by molar-refractivity contribution is 7.80. The zero-order valence-electron chi connectivity index (χ0n) is 14.8. The first-order valence-electron chi connectivity index (χ1n) is 8.30. The topological polar surface area (TPSA) is 66.1 Å². The third kappa shape index (κ3) is 6.49. The molecule has 0 aliphatic carbocycles. The number of hydrogen-bond acceptors (Lipinski definition) is 5. The predicted octanol–water partition coefficient (Wildman–Crippen LogP) is 0.914. The van der Waals surface area contributed by atoms with Gasteiger partial charge in [0.2, 0.25) is 5.91 Å². The van der Waals surface area contributed by atoms with Gasteiger partial charge in [0, 0.05) is 45.2 Å². The highest BCUT2D eigenvalue weighted by Gasteiger charge is 2.12. The maximum absolute atomic E-state index is 12.2. The molecule has 0 atom stereocenters. The molecule has 1 fully saturated rings. The second kappa shape index (κ2) is 10.2. The quantitative estimate of drug-likeness (QED) is 0.549. The van der Waals surface area contributed by atoms with Crippen molar-refractivity contribution in [2.75, 3.05) is 70.4 Å². The number of nitrogens with zero attached hydrogens (tertiary/aromatic N) is 2. The summed E-state index contributed by atoms with van der Waals surface area (Å²) in [5.74, 6) is -0.113. The lowest BCUT2D eigenvalue weighted by Crippen LogP contribution is -2.42. The SMILES string of the molecule is COCCNC(=S)N(C)CC(=O)Nc1ccc(N2CCOCC2)cc1. The van der Waals surface area contributed by atoms with E-state index in [4.69, 9.17) is 21.7 Å². The van der Waals surface area contributed by atoms with Gasteiger partial charge in [-0.25, -0.2) is 0 Å². The number of nitrogens with one attached hydrogen (secondary N) is 2. The molecule has 2 rings (SSSR count). The van der Waals surface area contributed by atoms with Crippen molar-refractivity contribution in [2.24, 2.45) is 0 Å². The minimum Gasteiger partial charge on any atom is -0.383 e. The monoisotopic (exact) mass is 366 g/mol. The zero-order chi connectivity index (χ0) is 18.1. The molecular weight excluding hydrogens is 340 g/mol. The van der Waals surface area contributed by atoms with Gasteiger partial charge in [-0.2, -0.15) is 0 Å². The summed E-state index contributed by atoms with van der Waals surface area (Å²) in [6.07, 6.45) is 0. The first-order chi connectivity index (χ1) is 12.1. The number of anilines is 2. The molecule has 0 spiro atoms. The van der Waals surface area contributed by atoms with Crippen molar-refractivity contribution < 1.29 is 14.3 Å². The number of ether oxygens (including phenoxy) is 2. The van der Waals surface area contributed by atoms with Gasteiger partial charge < -0.3 is 29.9 Å². The third-order valence-corrected chi connectivity index (χ3v) is 4.29. The Balaban J connectivity index is 1.78. The van der Waals surface area contributed by atoms with E-state index in [0.29, 0.717) is 18.3 Å². The van der Waals surface area contributed by atoms with Crippen LogP contribution in [0.25, 0.3) is 0 Å². The van der Waals surface area contributed by atoms with E-state index in [1.807, 2.05) is 24.3 Å². The number of morpholine rings is 1. The van der Waals surface area contributed by atoms with E-state index in [2.05, 4.69) is 15.5 Å². The minimum absolute atomic E-state index is 0.113. The fraction of sp³-hybridized carbons (Fsp3) is 0.529. The Hall–Kier alpha value is -1.90. The van der Waals surface area contributed by atoms with Crippen LogP contribution in [0.1, 0.15) is 0 Å². The summed E-state index contributed by atoms with van der Waals surface area (Å²) in [5.41, 5.74) is 1.91. The van der Waals surface area contributed by atoms with Gasteiger partial charge >= 0.3 is 0 Å². The van der Waals surface area contributed by atoms with Crippen LogP contribution in [0.15, 0.2) is 24.3 Å². The maximum atomic E-state index is 12.2. The lowest BCUT2D eigenvalue weighted by molar-refractivity contribution is -0.116. The van der Waals surface area contributed by atoms with Crippen LogP contribution in [0.5, 0.6) is 0 Å². The fourth-order valence-corrected chi connectivity index (χ4v) is 2.63. The van der Waals surface area contributed by atoms with Crippen molar-refractivity contribution in [3.63, 3.8) is 0 Å². The Morgan fingerprint density at radius 3 is 2.64 bits per heavy atom. The molecule has 0 radical (unpaired) electrons. The average molecular weight is 366 g/mol. The van der Waals surface area contributed by atoms with Crippen LogP contribution in [-0.2, 0) is 14.3 Å².